The number of benzene rings is 1. The van der Waals surface area contributed by atoms with Crippen molar-refractivity contribution in [1.29, 1.82) is 0 Å². The highest BCUT2D eigenvalue weighted by Crippen LogP contribution is 2.18. The van der Waals surface area contributed by atoms with Gasteiger partial charge in [0.1, 0.15) is 11.0 Å². The zero-order valence-corrected chi connectivity index (χ0v) is 13.0. The number of nitrogens with zero attached hydrogens (tertiary/aromatic N) is 1. The second-order valence-electron chi connectivity index (χ2n) is 4.46. The molecule has 110 valence electrons. The van der Waals surface area contributed by atoms with Crippen LogP contribution in [-0.2, 0) is 0 Å². The number of nitrogens with one attached hydrogen (secondary N) is 2. The molecular weight excluding hydrogens is 309 g/mol. The van der Waals surface area contributed by atoms with E-state index in [1.807, 2.05) is 6.92 Å². The Labute approximate surface area is 133 Å². The molecule has 0 spiro atoms. The number of rotatable bonds is 5. The van der Waals surface area contributed by atoms with E-state index in [0.717, 1.165) is 13.0 Å². The van der Waals surface area contributed by atoms with Crippen molar-refractivity contribution in [2.75, 3.05) is 17.2 Å². The molecule has 1 heterocycles. The summed E-state index contributed by atoms with van der Waals surface area (Å²) in [6.45, 7) is 2.81. The molecule has 2 N–H and O–H groups in total. The monoisotopic (exact) mass is 323 g/mol. The Morgan fingerprint density at radius 1 is 1.24 bits per heavy atom. The number of amides is 1. The number of hydrogen-bond acceptors (Lipinski definition) is 3. The molecule has 0 saturated heterocycles. The van der Waals surface area contributed by atoms with Crippen LogP contribution in [0.1, 0.15) is 23.7 Å². The summed E-state index contributed by atoms with van der Waals surface area (Å²) in [6, 6.07) is 10.2. The van der Waals surface area contributed by atoms with Gasteiger partial charge in [-0.2, -0.15) is 0 Å². The molecule has 21 heavy (non-hydrogen) atoms. The van der Waals surface area contributed by atoms with E-state index in [1.54, 1.807) is 30.3 Å². The number of pyridine rings is 1. The lowest BCUT2D eigenvalue weighted by atomic mass is 10.2. The molecule has 6 heteroatoms. The number of carbonyl (C=O) groups excluding carboxylic acids is 1. The quantitative estimate of drug-likeness (QED) is 0.798. The van der Waals surface area contributed by atoms with Gasteiger partial charge in [0.15, 0.2) is 0 Å². The highest BCUT2D eigenvalue weighted by atomic mass is 35.5. The van der Waals surface area contributed by atoms with Crippen LogP contribution in [0.25, 0.3) is 0 Å². The molecule has 0 radical (unpaired) electrons. The highest BCUT2D eigenvalue weighted by molar-refractivity contribution is 6.31. The van der Waals surface area contributed by atoms with Gasteiger partial charge in [0, 0.05) is 22.8 Å². The van der Waals surface area contributed by atoms with E-state index in [1.165, 1.54) is 6.07 Å². The number of anilines is 2. The molecule has 2 rings (SSSR count). The number of hydrogen-bond donors (Lipinski definition) is 2. The van der Waals surface area contributed by atoms with Crippen LogP contribution in [0, 0.1) is 0 Å². The summed E-state index contributed by atoms with van der Waals surface area (Å²) in [5, 5.41) is 6.71. The van der Waals surface area contributed by atoms with Gasteiger partial charge >= 0.3 is 0 Å². The Balaban J connectivity index is 2.16. The van der Waals surface area contributed by atoms with E-state index in [0.29, 0.717) is 22.1 Å². The van der Waals surface area contributed by atoms with Crippen molar-refractivity contribution in [3.63, 3.8) is 0 Å². The Kier molecular flexibility index (Phi) is 5.42. The van der Waals surface area contributed by atoms with Gasteiger partial charge in [0.05, 0.1) is 0 Å². The minimum absolute atomic E-state index is 0.263. The van der Waals surface area contributed by atoms with Crippen LogP contribution in [0.3, 0.4) is 0 Å². The summed E-state index contributed by atoms with van der Waals surface area (Å²) in [7, 11) is 0. The molecule has 0 unspecified atom stereocenters. The first kappa shape index (κ1) is 15.6. The van der Waals surface area contributed by atoms with E-state index in [-0.39, 0.29) is 11.1 Å². The zero-order valence-electron chi connectivity index (χ0n) is 11.5. The van der Waals surface area contributed by atoms with Gasteiger partial charge in [-0.25, -0.2) is 4.98 Å². The molecule has 1 aromatic heterocycles. The maximum absolute atomic E-state index is 12.2. The van der Waals surface area contributed by atoms with Gasteiger partial charge in [0.25, 0.3) is 5.91 Å². The minimum Gasteiger partial charge on any atom is -0.370 e. The van der Waals surface area contributed by atoms with Crippen molar-refractivity contribution in [3.8, 4) is 0 Å². The van der Waals surface area contributed by atoms with Crippen LogP contribution < -0.4 is 10.6 Å². The SMILES string of the molecule is CCCNc1cc(C(=O)Nc2cccc(Cl)c2)cc(Cl)n1. The summed E-state index contributed by atoms with van der Waals surface area (Å²) in [5.41, 5.74) is 1.07. The Morgan fingerprint density at radius 2 is 2.05 bits per heavy atom. The van der Waals surface area contributed by atoms with Crippen molar-refractivity contribution in [2.24, 2.45) is 0 Å². The van der Waals surface area contributed by atoms with Gasteiger partial charge in [-0.3, -0.25) is 4.79 Å². The number of aromatic nitrogens is 1. The van der Waals surface area contributed by atoms with Crippen LogP contribution in [0.4, 0.5) is 11.5 Å². The molecule has 0 aliphatic heterocycles. The van der Waals surface area contributed by atoms with Crippen LogP contribution in [-0.4, -0.2) is 17.4 Å². The maximum atomic E-state index is 12.2. The molecule has 4 nitrogen and oxygen atoms in total. The molecule has 0 atom stereocenters. The predicted molar refractivity (Wildman–Crippen MR) is 87.4 cm³/mol. The fourth-order valence-corrected chi connectivity index (χ4v) is 2.14. The zero-order chi connectivity index (χ0) is 15.2. The average Bonchev–Trinajstić information content (AvgIpc) is 2.44. The van der Waals surface area contributed by atoms with Gasteiger partial charge < -0.3 is 10.6 Å². The van der Waals surface area contributed by atoms with E-state index in [4.69, 9.17) is 23.2 Å². The molecule has 0 aliphatic carbocycles. The van der Waals surface area contributed by atoms with Crippen molar-refractivity contribution in [1.82, 2.24) is 4.98 Å². The Bertz CT molecular complexity index is 647. The Hall–Kier alpha value is -1.78. The molecule has 0 fully saturated rings. The van der Waals surface area contributed by atoms with E-state index in [9.17, 15) is 4.79 Å². The lowest BCUT2D eigenvalue weighted by Gasteiger charge is -2.09. The summed E-state index contributed by atoms with van der Waals surface area (Å²) >= 11 is 11.8. The largest absolute Gasteiger partial charge is 0.370 e. The van der Waals surface area contributed by atoms with E-state index in [2.05, 4.69) is 15.6 Å². The highest BCUT2D eigenvalue weighted by Gasteiger charge is 2.10. The smallest absolute Gasteiger partial charge is 0.255 e. The first-order chi connectivity index (χ1) is 10.1. The first-order valence-electron chi connectivity index (χ1n) is 6.57. The van der Waals surface area contributed by atoms with Gasteiger partial charge in [-0.15, -0.1) is 0 Å². The fourth-order valence-electron chi connectivity index (χ4n) is 1.74. The summed E-state index contributed by atoms with van der Waals surface area (Å²) < 4.78 is 0. The van der Waals surface area contributed by atoms with E-state index < -0.39 is 0 Å². The molecule has 0 aliphatic rings. The van der Waals surface area contributed by atoms with Gasteiger partial charge in [0.2, 0.25) is 0 Å². The molecule has 0 bridgehead atoms. The van der Waals surface area contributed by atoms with Crippen LogP contribution >= 0.6 is 23.2 Å². The standard InChI is InChI=1S/C15H15Cl2N3O/c1-2-6-18-14-8-10(7-13(17)20-14)15(21)19-12-5-3-4-11(16)9-12/h3-5,7-9H,2,6H2,1H3,(H,18,20)(H,19,21). The normalized spacial score (nSPS) is 10.2. The molecule has 1 aromatic carbocycles. The first-order valence-corrected chi connectivity index (χ1v) is 7.32. The topological polar surface area (TPSA) is 54.0 Å². The van der Waals surface area contributed by atoms with Crippen LogP contribution in [0.5, 0.6) is 0 Å². The molecule has 0 saturated carbocycles. The molecule has 2 aromatic rings. The van der Waals surface area contributed by atoms with Crippen LogP contribution in [0.2, 0.25) is 10.2 Å². The second-order valence-corrected chi connectivity index (χ2v) is 5.28. The molecule has 1 amide bonds. The summed E-state index contributed by atoms with van der Waals surface area (Å²) in [6.07, 6.45) is 0.957. The molecular formula is C15H15Cl2N3O. The van der Waals surface area contributed by atoms with Gasteiger partial charge in [-0.05, 0) is 36.8 Å². The third-order valence-electron chi connectivity index (χ3n) is 2.69. The minimum atomic E-state index is -0.263. The van der Waals surface area contributed by atoms with Crippen molar-refractivity contribution >= 4 is 40.6 Å². The third kappa shape index (κ3) is 4.62. The number of halogens is 2. The third-order valence-corrected chi connectivity index (χ3v) is 3.12. The lowest BCUT2D eigenvalue weighted by molar-refractivity contribution is 0.102. The Morgan fingerprint density at radius 3 is 2.76 bits per heavy atom. The van der Waals surface area contributed by atoms with Crippen molar-refractivity contribution in [3.05, 3.63) is 52.1 Å². The van der Waals surface area contributed by atoms with Crippen molar-refractivity contribution in [2.45, 2.75) is 13.3 Å². The lowest BCUT2D eigenvalue weighted by Crippen LogP contribution is -2.13. The van der Waals surface area contributed by atoms with Crippen molar-refractivity contribution < 1.29 is 4.79 Å². The fraction of sp³-hybridized carbons (Fsp3) is 0.200. The summed E-state index contributed by atoms with van der Waals surface area (Å²) in [5.74, 6) is 0.321. The van der Waals surface area contributed by atoms with E-state index >= 15 is 0 Å². The number of carbonyl (C=O) groups is 1. The maximum Gasteiger partial charge on any atom is 0.255 e. The average molecular weight is 324 g/mol. The van der Waals surface area contributed by atoms with Gasteiger partial charge in [-0.1, -0.05) is 36.2 Å². The second kappa shape index (κ2) is 7.29. The predicted octanol–water partition coefficient (Wildman–Crippen LogP) is 4.46. The summed E-state index contributed by atoms with van der Waals surface area (Å²) in [4.78, 5) is 16.4. The van der Waals surface area contributed by atoms with Crippen LogP contribution in [0.15, 0.2) is 36.4 Å².